The summed E-state index contributed by atoms with van der Waals surface area (Å²) < 4.78 is 19.0. The molecule has 1 aliphatic heterocycles. The lowest BCUT2D eigenvalue weighted by Gasteiger charge is -2.27. The molecule has 4 heterocycles. The number of nitrogens with one attached hydrogen (secondary N) is 1. The highest BCUT2D eigenvalue weighted by Gasteiger charge is 2.20. The Labute approximate surface area is 149 Å². The third kappa shape index (κ3) is 2.68. The van der Waals surface area contributed by atoms with Crippen LogP contribution in [0.15, 0.2) is 53.4 Å². The highest BCUT2D eigenvalue weighted by atomic mass is 19.1. The molecule has 3 aromatic heterocycles. The van der Waals surface area contributed by atoms with Gasteiger partial charge >= 0.3 is 0 Å². The van der Waals surface area contributed by atoms with Gasteiger partial charge in [-0.2, -0.15) is 0 Å². The quantitative estimate of drug-likeness (QED) is 0.610. The van der Waals surface area contributed by atoms with Crippen molar-refractivity contribution in [2.75, 3.05) is 6.54 Å². The number of H-pyrrole nitrogens is 1. The van der Waals surface area contributed by atoms with Crippen molar-refractivity contribution in [3.05, 3.63) is 71.6 Å². The van der Waals surface area contributed by atoms with Gasteiger partial charge in [0.1, 0.15) is 5.82 Å². The Balaban J connectivity index is 1.38. The van der Waals surface area contributed by atoms with E-state index in [0.717, 1.165) is 53.8 Å². The molecular formula is C20H17FN4O. The van der Waals surface area contributed by atoms with Crippen molar-refractivity contribution in [2.45, 2.75) is 19.5 Å². The molecule has 1 aromatic carbocycles. The fraction of sp³-hybridized carbons (Fsp3) is 0.200. The molecule has 26 heavy (non-hydrogen) atoms. The minimum atomic E-state index is -0.207. The van der Waals surface area contributed by atoms with Crippen LogP contribution in [0.2, 0.25) is 0 Å². The van der Waals surface area contributed by atoms with Crippen molar-refractivity contribution in [3.63, 3.8) is 0 Å². The molecule has 0 spiro atoms. The van der Waals surface area contributed by atoms with Gasteiger partial charge in [0.15, 0.2) is 11.6 Å². The summed E-state index contributed by atoms with van der Waals surface area (Å²) in [5, 5.41) is 0.945. The molecule has 0 saturated carbocycles. The van der Waals surface area contributed by atoms with Crippen LogP contribution in [-0.4, -0.2) is 26.4 Å². The van der Waals surface area contributed by atoms with Crippen molar-refractivity contribution < 1.29 is 8.81 Å². The summed E-state index contributed by atoms with van der Waals surface area (Å²) in [5.74, 6) is 1.12. The molecule has 0 saturated heterocycles. The molecule has 0 radical (unpaired) electrons. The summed E-state index contributed by atoms with van der Waals surface area (Å²) in [5.41, 5.74) is 4.28. The van der Waals surface area contributed by atoms with Crippen LogP contribution in [0.5, 0.6) is 0 Å². The Morgan fingerprint density at radius 2 is 2.23 bits per heavy atom. The average Bonchev–Trinajstić information content (AvgIpc) is 3.32. The maximum absolute atomic E-state index is 13.6. The highest BCUT2D eigenvalue weighted by Crippen LogP contribution is 2.25. The molecule has 0 fully saturated rings. The molecule has 130 valence electrons. The van der Waals surface area contributed by atoms with E-state index in [0.29, 0.717) is 11.6 Å². The number of aromatic nitrogens is 3. The van der Waals surface area contributed by atoms with E-state index in [9.17, 15) is 4.39 Å². The maximum Gasteiger partial charge on any atom is 0.195 e. The maximum atomic E-state index is 13.6. The van der Waals surface area contributed by atoms with Crippen LogP contribution in [0.25, 0.3) is 22.5 Å². The van der Waals surface area contributed by atoms with Gasteiger partial charge in [-0.25, -0.2) is 14.4 Å². The van der Waals surface area contributed by atoms with E-state index < -0.39 is 0 Å². The Hall–Kier alpha value is -2.99. The summed E-state index contributed by atoms with van der Waals surface area (Å²) in [6, 6.07) is 8.56. The lowest BCUT2D eigenvalue weighted by Crippen LogP contribution is -2.30. The van der Waals surface area contributed by atoms with Crippen molar-refractivity contribution in [2.24, 2.45) is 0 Å². The van der Waals surface area contributed by atoms with E-state index in [4.69, 9.17) is 4.42 Å². The van der Waals surface area contributed by atoms with Crippen LogP contribution in [0.3, 0.4) is 0 Å². The van der Waals surface area contributed by atoms with Gasteiger partial charge in [0, 0.05) is 54.9 Å². The molecule has 0 aliphatic carbocycles. The van der Waals surface area contributed by atoms with Gasteiger partial charge < -0.3 is 9.40 Å². The highest BCUT2D eigenvalue weighted by molar-refractivity contribution is 5.83. The normalized spacial score (nSPS) is 14.7. The van der Waals surface area contributed by atoms with Crippen LogP contribution in [0, 0.1) is 5.82 Å². The Kier molecular flexibility index (Phi) is 3.57. The molecule has 5 rings (SSSR count). The number of halogens is 1. The second kappa shape index (κ2) is 6.07. The predicted octanol–water partition coefficient (Wildman–Crippen LogP) is 3.92. The fourth-order valence-electron chi connectivity index (χ4n) is 3.56. The number of hydrogen-bond acceptors (Lipinski definition) is 4. The van der Waals surface area contributed by atoms with Gasteiger partial charge in [-0.3, -0.25) is 4.90 Å². The lowest BCUT2D eigenvalue weighted by molar-refractivity contribution is 0.244. The first-order chi connectivity index (χ1) is 12.8. The smallest absolute Gasteiger partial charge is 0.195 e. The first kappa shape index (κ1) is 15.3. The molecule has 4 aromatic rings. The van der Waals surface area contributed by atoms with Crippen LogP contribution in [-0.2, 0) is 19.5 Å². The van der Waals surface area contributed by atoms with Gasteiger partial charge in [0.25, 0.3) is 0 Å². The zero-order valence-electron chi connectivity index (χ0n) is 14.1. The second-order valence-corrected chi connectivity index (χ2v) is 6.61. The molecule has 0 bridgehead atoms. The summed E-state index contributed by atoms with van der Waals surface area (Å²) in [6.45, 7) is 2.46. The van der Waals surface area contributed by atoms with Crippen LogP contribution < -0.4 is 0 Å². The number of fused-ring (bicyclic) bond motifs is 2. The minimum Gasteiger partial charge on any atom is -0.461 e. The lowest BCUT2D eigenvalue weighted by atomic mass is 10.1. The third-order valence-electron chi connectivity index (χ3n) is 4.88. The van der Waals surface area contributed by atoms with Crippen molar-refractivity contribution >= 4 is 10.9 Å². The summed E-state index contributed by atoms with van der Waals surface area (Å²) in [4.78, 5) is 14.7. The number of furan rings is 1. The second-order valence-electron chi connectivity index (χ2n) is 6.61. The molecule has 0 atom stereocenters. The first-order valence-electron chi connectivity index (χ1n) is 8.63. The summed E-state index contributed by atoms with van der Waals surface area (Å²) >= 11 is 0. The zero-order valence-corrected chi connectivity index (χ0v) is 14.1. The summed E-state index contributed by atoms with van der Waals surface area (Å²) in [7, 11) is 0. The van der Waals surface area contributed by atoms with Crippen LogP contribution >= 0.6 is 0 Å². The first-order valence-corrected chi connectivity index (χ1v) is 8.63. The molecule has 1 aliphatic rings. The number of benzene rings is 1. The molecule has 0 unspecified atom stereocenters. The molecule has 6 heteroatoms. The number of rotatable bonds is 3. The van der Waals surface area contributed by atoms with Gasteiger partial charge in [0.2, 0.25) is 0 Å². The van der Waals surface area contributed by atoms with Gasteiger partial charge in [-0.1, -0.05) is 0 Å². The van der Waals surface area contributed by atoms with Gasteiger partial charge in [-0.15, -0.1) is 0 Å². The number of hydrogen-bond donors (Lipinski definition) is 1. The van der Waals surface area contributed by atoms with E-state index in [-0.39, 0.29) is 5.82 Å². The SMILES string of the molecule is Fc1ccc2[nH]cc(CN3CCc4nc(-c5ccco5)ncc4C3)c2c1. The van der Waals surface area contributed by atoms with Gasteiger partial charge in [0.05, 0.1) is 12.0 Å². The van der Waals surface area contributed by atoms with Crippen LogP contribution in [0.4, 0.5) is 4.39 Å². The van der Waals surface area contributed by atoms with E-state index in [1.807, 2.05) is 24.5 Å². The van der Waals surface area contributed by atoms with E-state index in [2.05, 4.69) is 19.9 Å². The van der Waals surface area contributed by atoms with E-state index in [1.165, 1.54) is 6.07 Å². The molecule has 1 N–H and O–H groups in total. The van der Waals surface area contributed by atoms with E-state index >= 15 is 0 Å². The third-order valence-corrected chi connectivity index (χ3v) is 4.88. The zero-order chi connectivity index (χ0) is 17.5. The average molecular weight is 348 g/mol. The van der Waals surface area contributed by atoms with Crippen LogP contribution in [0.1, 0.15) is 16.8 Å². The standard InChI is InChI=1S/C20H17FN4O/c21-15-3-4-18-16(8-15)13(9-22-18)11-25-6-5-17-14(12-25)10-23-20(24-17)19-2-1-7-26-19/h1-4,7-10,22H,5-6,11-12H2. The van der Waals surface area contributed by atoms with E-state index in [1.54, 1.807) is 18.4 Å². The predicted molar refractivity (Wildman–Crippen MR) is 95.8 cm³/mol. The largest absolute Gasteiger partial charge is 0.461 e. The Bertz CT molecular complexity index is 1070. The number of nitrogens with zero attached hydrogens (tertiary/aromatic N) is 3. The van der Waals surface area contributed by atoms with Crippen molar-refractivity contribution in [1.29, 1.82) is 0 Å². The monoisotopic (exact) mass is 348 g/mol. The van der Waals surface area contributed by atoms with Crippen molar-refractivity contribution in [3.8, 4) is 11.6 Å². The van der Waals surface area contributed by atoms with Crippen molar-refractivity contribution in [1.82, 2.24) is 19.9 Å². The number of aromatic amines is 1. The minimum absolute atomic E-state index is 0.207. The topological polar surface area (TPSA) is 58.0 Å². The fourth-order valence-corrected chi connectivity index (χ4v) is 3.56. The molecule has 5 nitrogen and oxygen atoms in total. The Morgan fingerprint density at radius 3 is 3.12 bits per heavy atom. The Morgan fingerprint density at radius 1 is 1.27 bits per heavy atom. The molecular weight excluding hydrogens is 331 g/mol. The van der Waals surface area contributed by atoms with Gasteiger partial charge in [-0.05, 0) is 35.9 Å². The molecule has 0 amide bonds. The summed E-state index contributed by atoms with van der Waals surface area (Å²) in [6.07, 6.45) is 6.35.